The largest absolute Gasteiger partial charge is 0.289 e. The zero-order chi connectivity index (χ0) is 12.5. The molecule has 0 saturated heterocycles. The van der Waals surface area contributed by atoms with Crippen molar-refractivity contribution in [3.8, 4) is 0 Å². The molecule has 0 atom stereocenters. The van der Waals surface area contributed by atoms with Crippen molar-refractivity contribution in [2.45, 2.75) is 27.2 Å². The third-order valence-electron chi connectivity index (χ3n) is 3.06. The van der Waals surface area contributed by atoms with Gasteiger partial charge in [-0.3, -0.25) is 4.99 Å². The van der Waals surface area contributed by atoms with Crippen molar-refractivity contribution in [2.75, 3.05) is 6.54 Å². The topological polar surface area (TPSA) is 12.4 Å². The van der Waals surface area contributed by atoms with Crippen LogP contribution >= 0.6 is 15.9 Å². The van der Waals surface area contributed by atoms with Crippen molar-refractivity contribution in [1.82, 2.24) is 0 Å². The fourth-order valence-electron chi connectivity index (χ4n) is 2.00. The average molecular weight is 292 g/mol. The quantitative estimate of drug-likeness (QED) is 0.710. The summed E-state index contributed by atoms with van der Waals surface area (Å²) in [5, 5.41) is 0. The highest BCUT2D eigenvalue weighted by molar-refractivity contribution is 9.10. The lowest BCUT2D eigenvalue weighted by Gasteiger charge is -2.25. The van der Waals surface area contributed by atoms with Gasteiger partial charge >= 0.3 is 0 Å². The molecule has 0 aliphatic carbocycles. The Balaban J connectivity index is 2.27. The van der Waals surface area contributed by atoms with Gasteiger partial charge in [0.05, 0.1) is 6.54 Å². The van der Waals surface area contributed by atoms with Gasteiger partial charge in [-0.15, -0.1) is 0 Å². The van der Waals surface area contributed by atoms with Crippen LogP contribution in [0.3, 0.4) is 0 Å². The molecule has 17 heavy (non-hydrogen) atoms. The minimum absolute atomic E-state index is 0.167. The molecule has 0 bridgehead atoms. The number of dihydropyridines is 1. The van der Waals surface area contributed by atoms with Gasteiger partial charge in [0.15, 0.2) is 0 Å². The molecule has 0 radical (unpaired) electrons. The fraction of sp³-hybridized carbons (Fsp3) is 0.400. The summed E-state index contributed by atoms with van der Waals surface area (Å²) in [7, 11) is 0. The maximum Gasteiger partial charge on any atom is 0.0576 e. The van der Waals surface area contributed by atoms with E-state index < -0.39 is 0 Å². The standard InChI is InChI=1S/C15H18BrN/c1-15(2,3)14-10-11(8-9-17-14)12-6-4-5-7-13(12)16/h4-8H,9-10H2,1-3H3. The molecule has 0 aromatic heterocycles. The van der Waals surface area contributed by atoms with Gasteiger partial charge in [0.2, 0.25) is 0 Å². The number of benzene rings is 1. The number of aliphatic imine (C=N–C) groups is 1. The third-order valence-corrected chi connectivity index (χ3v) is 3.75. The fourth-order valence-corrected chi connectivity index (χ4v) is 2.54. The van der Waals surface area contributed by atoms with Gasteiger partial charge in [0, 0.05) is 22.0 Å². The Kier molecular flexibility index (Phi) is 3.53. The summed E-state index contributed by atoms with van der Waals surface area (Å²) >= 11 is 3.62. The van der Waals surface area contributed by atoms with Crippen LogP contribution in [-0.4, -0.2) is 12.3 Å². The van der Waals surface area contributed by atoms with E-state index in [1.165, 1.54) is 21.3 Å². The summed E-state index contributed by atoms with van der Waals surface area (Å²) in [6, 6.07) is 8.40. The molecule has 2 heteroatoms. The monoisotopic (exact) mass is 291 g/mol. The van der Waals surface area contributed by atoms with E-state index in [0.717, 1.165) is 13.0 Å². The Bertz CT molecular complexity index is 478. The lowest BCUT2D eigenvalue weighted by molar-refractivity contribution is 0.580. The van der Waals surface area contributed by atoms with Crippen molar-refractivity contribution in [3.05, 3.63) is 40.4 Å². The molecule has 90 valence electrons. The lowest BCUT2D eigenvalue weighted by atomic mass is 9.83. The van der Waals surface area contributed by atoms with E-state index in [1.807, 2.05) is 0 Å². The predicted octanol–water partition coefficient (Wildman–Crippen LogP) is 4.72. The van der Waals surface area contributed by atoms with Gasteiger partial charge < -0.3 is 0 Å². The molecule has 1 aliphatic heterocycles. The molecular weight excluding hydrogens is 274 g/mol. The van der Waals surface area contributed by atoms with Gasteiger partial charge in [-0.2, -0.15) is 0 Å². The molecule has 0 N–H and O–H groups in total. The van der Waals surface area contributed by atoms with Crippen molar-refractivity contribution in [2.24, 2.45) is 10.4 Å². The van der Waals surface area contributed by atoms with Crippen LogP contribution in [0.15, 0.2) is 39.8 Å². The van der Waals surface area contributed by atoms with E-state index in [-0.39, 0.29) is 5.41 Å². The highest BCUT2D eigenvalue weighted by Crippen LogP contribution is 2.32. The normalized spacial score (nSPS) is 16.5. The van der Waals surface area contributed by atoms with E-state index in [4.69, 9.17) is 0 Å². The second-order valence-corrected chi connectivity index (χ2v) is 6.28. The molecular formula is C15H18BrN. The Hall–Kier alpha value is -0.890. The number of rotatable bonds is 1. The molecule has 1 nitrogen and oxygen atoms in total. The molecule has 0 saturated carbocycles. The summed E-state index contributed by atoms with van der Waals surface area (Å²) in [6.45, 7) is 7.50. The highest BCUT2D eigenvalue weighted by atomic mass is 79.9. The molecule has 0 unspecified atom stereocenters. The number of allylic oxidation sites excluding steroid dienone is 1. The average Bonchev–Trinajstić information content (AvgIpc) is 2.29. The Morgan fingerprint density at radius 1 is 1.18 bits per heavy atom. The van der Waals surface area contributed by atoms with Gasteiger partial charge in [0.1, 0.15) is 0 Å². The van der Waals surface area contributed by atoms with Crippen LogP contribution in [-0.2, 0) is 0 Å². The molecule has 2 rings (SSSR count). The highest BCUT2D eigenvalue weighted by Gasteiger charge is 2.22. The molecule has 0 amide bonds. The Morgan fingerprint density at radius 2 is 1.88 bits per heavy atom. The van der Waals surface area contributed by atoms with E-state index in [1.54, 1.807) is 0 Å². The van der Waals surface area contributed by atoms with Crippen LogP contribution in [0.4, 0.5) is 0 Å². The first-order valence-electron chi connectivity index (χ1n) is 5.96. The predicted molar refractivity (Wildman–Crippen MR) is 78.5 cm³/mol. The zero-order valence-electron chi connectivity index (χ0n) is 10.6. The first kappa shape index (κ1) is 12.6. The minimum Gasteiger partial charge on any atom is -0.289 e. The smallest absolute Gasteiger partial charge is 0.0576 e. The van der Waals surface area contributed by atoms with Crippen LogP contribution in [0.1, 0.15) is 32.8 Å². The van der Waals surface area contributed by atoms with E-state index in [0.29, 0.717) is 0 Å². The summed E-state index contributed by atoms with van der Waals surface area (Å²) in [5.74, 6) is 0. The summed E-state index contributed by atoms with van der Waals surface area (Å²) in [6.07, 6.45) is 3.20. The first-order valence-corrected chi connectivity index (χ1v) is 6.75. The second kappa shape index (κ2) is 4.77. The summed E-state index contributed by atoms with van der Waals surface area (Å²) in [4.78, 5) is 4.63. The van der Waals surface area contributed by atoms with Crippen molar-refractivity contribution in [3.63, 3.8) is 0 Å². The summed E-state index contributed by atoms with van der Waals surface area (Å²) < 4.78 is 1.17. The number of hydrogen-bond acceptors (Lipinski definition) is 1. The van der Waals surface area contributed by atoms with Crippen LogP contribution in [0.2, 0.25) is 0 Å². The zero-order valence-corrected chi connectivity index (χ0v) is 12.2. The second-order valence-electron chi connectivity index (χ2n) is 5.42. The van der Waals surface area contributed by atoms with Crippen molar-refractivity contribution < 1.29 is 0 Å². The first-order chi connectivity index (χ1) is 7.98. The molecule has 1 heterocycles. The molecule has 0 spiro atoms. The lowest BCUT2D eigenvalue weighted by Crippen LogP contribution is -2.23. The van der Waals surface area contributed by atoms with Crippen LogP contribution in [0.25, 0.3) is 5.57 Å². The number of hydrogen-bond donors (Lipinski definition) is 0. The molecule has 1 aromatic rings. The van der Waals surface area contributed by atoms with E-state index in [2.05, 4.69) is 72.0 Å². The molecule has 0 fully saturated rings. The van der Waals surface area contributed by atoms with Crippen molar-refractivity contribution >= 4 is 27.2 Å². The van der Waals surface area contributed by atoms with Crippen molar-refractivity contribution in [1.29, 1.82) is 0 Å². The van der Waals surface area contributed by atoms with Gasteiger partial charge in [-0.25, -0.2) is 0 Å². The van der Waals surface area contributed by atoms with Crippen LogP contribution < -0.4 is 0 Å². The third kappa shape index (κ3) is 2.86. The molecule has 1 aliphatic rings. The van der Waals surface area contributed by atoms with Crippen LogP contribution in [0, 0.1) is 5.41 Å². The molecule has 1 aromatic carbocycles. The minimum atomic E-state index is 0.167. The van der Waals surface area contributed by atoms with Crippen LogP contribution in [0.5, 0.6) is 0 Å². The maximum absolute atomic E-state index is 4.63. The maximum atomic E-state index is 4.63. The van der Waals surface area contributed by atoms with Gasteiger partial charge in [-0.05, 0) is 17.2 Å². The Labute approximate surface area is 112 Å². The van der Waals surface area contributed by atoms with E-state index >= 15 is 0 Å². The van der Waals surface area contributed by atoms with Gasteiger partial charge in [0.25, 0.3) is 0 Å². The number of nitrogens with zero attached hydrogens (tertiary/aromatic N) is 1. The number of halogens is 1. The Morgan fingerprint density at radius 3 is 2.53 bits per heavy atom. The van der Waals surface area contributed by atoms with Gasteiger partial charge in [-0.1, -0.05) is 61.0 Å². The SMILES string of the molecule is CC(C)(C)C1=NCC=C(c2ccccc2Br)C1. The van der Waals surface area contributed by atoms with E-state index in [9.17, 15) is 0 Å². The summed E-state index contributed by atoms with van der Waals surface area (Å²) in [5.41, 5.74) is 4.15.